The maximum Gasteiger partial charge on any atom is 0.304 e. The average Bonchev–Trinajstić information content (AvgIpc) is 2.47. The van der Waals surface area contributed by atoms with Gasteiger partial charge < -0.3 is 10.8 Å². The second-order valence-electron chi connectivity index (χ2n) is 4.93. The number of benzene rings is 2. The zero-order chi connectivity index (χ0) is 15.9. The molecule has 1 atom stereocenters. The molecule has 0 aromatic heterocycles. The summed E-state index contributed by atoms with van der Waals surface area (Å²) in [6, 6.07) is 17.9. The van der Waals surface area contributed by atoms with Crippen molar-refractivity contribution in [2.24, 2.45) is 5.73 Å². The fraction of sp³-hybridized carbons (Fsp3) is 0.176. The van der Waals surface area contributed by atoms with Crippen LogP contribution in [0, 0.1) is 5.41 Å². The van der Waals surface area contributed by atoms with Gasteiger partial charge in [0.25, 0.3) is 0 Å². The normalized spacial score (nSPS) is 11.8. The van der Waals surface area contributed by atoms with Crippen LogP contribution in [0.15, 0.2) is 54.6 Å². The zero-order valence-corrected chi connectivity index (χ0v) is 12.8. The predicted molar refractivity (Wildman–Crippen MR) is 91.1 cm³/mol. The van der Waals surface area contributed by atoms with E-state index in [0.717, 1.165) is 28.5 Å². The van der Waals surface area contributed by atoms with E-state index in [-0.39, 0.29) is 16.8 Å². The summed E-state index contributed by atoms with van der Waals surface area (Å²) in [6.45, 7) is 0. The number of hydrogen-bond donors (Lipinski definition) is 3. The Labute approximate surface area is 133 Å². The van der Waals surface area contributed by atoms with Crippen molar-refractivity contribution in [3.05, 3.63) is 60.2 Å². The van der Waals surface area contributed by atoms with Crippen LogP contribution in [-0.4, -0.2) is 21.5 Å². The van der Waals surface area contributed by atoms with E-state index in [1.54, 1.807) is 0 Å². The van der Waals surface area contributed by atoms with Crippen LogP contribution in [0.5, 0.6) is 0 Å². The molecule has 0 saturated heterocycles. The van der Waals surface area contributed by atoms with Crippen molar-refractivity contribution in [2.45, 2.75) is 18.1 Å². The minimum atomic E-state index is -0.879. The molecular formula is C17H18N2O2S. The molecule has 0 spiro atoms. The monoisotopic (exact) mass is 314 g/mol. The number of thioether (sulfide) groups is 1. The van der Waals surface area contributed by atoms with Crippen LogP contribution in [0.3, 0.4) is 0 Å². The molecule has 0 aliphatic rings. The van der Waals surface area contributed by atoms with Gasteiger partial charge >= 0.3 is 5.97 Å². The summed E-state index contributed by atoms with van der Waals surface area (Å²) >= 11 is 1.11. The summed E-state index contributed by atoms with van der Waals surface area (Å²) in [5.74, 6) is -0.879. The molecule has 2 aromatic carbocycles. The molecule has 0 aliphatic carbocycles. The van der Waals surface area contributed by atoms with Gasteiger partial charge in [-0.3, -0.25) is 10.2 Å². The van der Waals surface area contributed by atoms with Crippen molar-refractivity contribution < 1.29 is 9.90 Å². The highest BCUT2D eigenvalue weighted by Gasteiger charge is 2.18. The summed E-state index contributed by atoms with van der Waals surface area (Å²) in [5, 5.41) is 16.1. The van der Waals surface area contributed by atoms with Gasteiger partial charge in [0.1, 0.15) is 0 Å². The minimum absolute atomic E-state index is 0.0205. The van der Waals surface area contributed by atoms with Gasteiger partial charge in [0.15, 0.2) is 5.17 Å². The Hall–Kier alpha value is -2.27. The van der Waals surface area contributed by atoms with Crippen molar-refractivity contribution in [2.75, 3.05) is 0 Å². The van der Waals surface area contributed by atoms with Crippen molar-refractivity contribution >= 4 is 22.9 Å². The standard InChI is InChI=1S/C17H18N2O2S/c18-17(19)22-14(11-16(20)21)10-13-8-4-5-9-15(13)12-6-2-1-3-7-12/h1-9,14H,10-11H2,(H3,18,19)(H,20,21). The fourth-order valence-electron chi connectivity index (χ4n) is 2.37. The largest absolute Gasteiger partial charge is 0.481 e. The third kappa shape index (κ3) is 4.63. The first-order chi connectivity index (χ1) is 10.6. The van der Waals surface area contributed by atoms with Crippen LogP contribution in [0.4, 0.5) is 0 Å². The molecule has 4 N–H and O–H groups in total. The lowest BCUT2D eigenvalue weighted by molar-refractivity contribution is -0.136. The number of carboxylic acid groups (broad SMARTS) is 1. The van der Waals surface area contributed by atoms with E-state index in [2.05, 4.69) is 0 Å². The number of rotatable bonds is 6. The number of nitrogens with one attached hydrogen (secondary N) is 1. The molecule has 0 bridgehead atoms. The molecule has 2 aromatic rings. The van der Waals surface area contributed by atoms with Crippen LogP contribution in [-0.2, 0) is 11.2 Å². The summed E-state index contributed by atoms with van der Waals surface area (Å²) < 4.78 is 0. The molecule has 4 nitrogen and oxygen atoms in total. The number of aliphatic carboxylic acids is 1. The van der Waals surface area contributed by atoms with Crippen molar-refractivity contribution in [1.82, 2.24) is 0 Å². The molecule has 0 aliphatic heterocycles. The van der Waals surface area contributed by atoms with Gasteiger partial charge in [-0.15, -0.1) is 0 Å². The Bertz CT molecular complexity index is 643. The molecular weight excluding hydrogens is 296 g/mol. The van der Waals surface area contributed by atoms with Gasteiger partial charge in [0.05, 0.1) is 6.42 Å². The smallest absolute Gasteiger partial charge is 0.304 e. The van der Waals surface area contributed by atoms with Crippen molar-refractivity contribution in [3.63, 3.8) is 0 Å². The summed E-state index contributed by atoms with van der Waals surface area (Å²) in [4.78, 5) is 11.0. The van der Waals surface area contributed by atoms with Gasteiger partial charge in [-0.05, 0) is 23.1 Å². The second kappa shape index (κ2) is 7.66. The fourth-order valence-corrected chi connectivity index (χ4v) is 3.22. The molecule has 2 rings (SSSR count). The first-order valence-corrected chi connectivity index (χ1v) is 7.80. The van der Waals surface area contributed by atoms with Crippen LogP contribution >= 0.6 is 11.8 Å². The quantitative estimate of drug-likeness (QED) is 0.563. The average molecular weight is 314 g/mol. The van der Waals surface area contributed by atoms with Crippen molar-refractivity contribution in [3.8, 4) is 11.1 Å². The van der Waals surface area contributed by atoms with Crippen LogP contribution < -0.4 is 5.73 Å². The van der Waals surface area contributed by atoms with Gasteiger partial charge in [-0.25, -0.2) is 0 Å². The Kier molecular flexibility index (Phi) is 5.61. The van der Waals surface area contributed by atoms with Gasteiger partial charge in [-0.2, -0.15) is 0 Å². The number of carboxylic acids is 1. The van der Waals surface area contributed by atoms with E-state index >= 15 is 0 Å². The topological polar surface area (TPSA) is 87.2 Å². The Morgan fingerprint density at radius 1 is 1.14 bits per heavy atom. The number of nitrogens with two attached hydrogens (primary N) is 1. The van der Waals surface area contributed by atoms with Crippen LogP contribution in [0.2, 0.25) is 0 Å². The van der Waals surface area contributed by atoms with E-state index in [0.29, 0.717) is 6.42 Å². The van der Waals surface area contributed by atoms with Crippen LogP contribution in [0.25, 0.3) is 11.1 Å². The van der Waals surface area contributed by atoms with E-state index in [1.165, 1.54) is 0 Å². The highest BCUT2D eigenvalue weighted by Crippen LogP contribution is 2.28. The molecule has 0 fully saturated rings. The number of amidine groups is 1. The second-order valence-corrected chi connectivity index (χ2v) is 6.27. The lowest BCUT2D eigenvalue weighted by Gasteiger charge is -2.16. The maximum absolute atomic E-state index is 11.0. The Balaban J connectivity index is 2.27. The first kappa shape index (κ1) is 16.1. The highest BCUT2D eigenvalue weighted by atomic mass is 32.2. The van der Waals surface area contributed by atoms with E-state index in [4.69, 9.17) is 16.2 Å². The van der Waals surface area contributed by atoms with E-state index in [1.807, 2.05) is 54.6 Å². The third-order valence-electron chi connectivity index (χ3n) is 3.25. The SMILES string of the molecule is N=C(N)SC(CC(=O)O)Cc1ccccc1-c1ccccc1. The third-order valence-corrected chi connectivity index (χ3v) is 4.17. The lowest BCUT2D eigenvalue weighted by Crippen LogP contribution is -2.18. The molecule has 22 heavy (non-hydrogen) atoms. The van der Waals surface area contributed by atoms with Gasteiger partial charge in [-0.1, -0.05) is 66.4 Å². The Morgan fingerprint density at radius 3 is 2.41 bits per heavy atom. The summed E-state index contributed by atoms with van der Waals surface area (Å²) in [6.07, 6.45) is 0.537. The minimum Gasteiger partial charge on any atom is -0.481 e. The Morgan fingerprint density at radius 2 is 1.77 bits per heavy atom. The van der Waals surface area contributed by atoms with E-state index in [9.17, 15) is 4.79 Å². The maximum atomic E-state index is 11.0. The molecule has 0 radical (unpaired) electrons. The first-order valence-electron chi connectivity index (χ1n) is 6.92. The predicted octanol–water partition coefficient (Wildman–Crippen LogP) is 3.37. The number of carbonyl (C=O) groups is 1. The molecule has 114 valence electrons. The molecule has 0 amide bonds. The molecule has 5 heteroatoms. The van der Waals surface area contributed by atoms with Gasteiger partial charge in [0.2, 0.25) is 0 Å². The summed E-state index contributed by atoms with van der Waals surface area (Å²) in [5.41, 5.74) is 8.67. The highest BCUT2D eigenvalue weighted by molar-refractivity contribution is 8.14. The van der Waals surface area contributed by atoms with Crippen molar-refractivity contribution in [1.29, 1.82) is 5.41 Å². The summed E-state index contributed by atoms with van der Waals surface area (Å²) in [7, 11) is 0. The molecule has 0 heterocycles. The number of hydrogen-bond acceptors (Lipinski definition) is 3. The van der Waals surface area contributed by atoms with Crippen LogP contribution in [0.1, 0.15) is 12.0 Å². The lowest BCUT2D eigenvalue weighted by atomic mass is 9.96. The molecule has 1 unspecified atom stereocenters. The zero-order valence-electron chi connectivity index (χ0n) is 12.0. The van der Waals surface area contributed by atoms with E-state index < -0.39 is 5.97 Å². The molecule has 0 saturated carbocycles. The van der Waals surface area contributed by atoms with Gasteiger partial charge in [0, 0.05) is 5.25 Å².